The van der Waals surface area contributed by atoms with E-state index in [-0.39, 0.29) is 12.0 Å². The lowest BCUT2D eigenvalue weighted by atomic mass is 10.2. The van der Waals surface area contributed by atoms with E-state index in [2.05, 4.69) is 11.0 Å². The summed E-state index contributed by atoms with van der Waals surface area (Å²) < 4.78 is 10.9. The molecule has 0 saturated carbocycles. The van der Waals surface area contributed by atoms with E-state index in [0.29, 0.717) is 0 Å². The van der Waals surface area contributed by atoms with Gasteiger partial charge in [-0.05, 0) is 25.0 Å². The third-order valence-corrected chi connectivity index (χ3v) is 4.22. The summed E-state index contributed by atoms with van der Waals surface area (Å²) >= 11 is 0. The van der Waals surface area contributed by atoms with Crippen LogP contribution in [-0.2, 0) is 9.53 Å². The van der Waals surface area contributed by atoms with Gasteiger partial charge < -0.3 is 19.3 Å². The van der Waals surface area contributed by atoms with Crippen molar-refractivity contribution in [3.05, 3.63) is 24.3 Å². The number of hydrogen-bond donors (Lipinski definition) is 0. The van der Waals surface area contributed by atoms with Crippen molar-refractivity contribution in [2.45, 2.75) is 18.9 Å². The van der Waals surface area contributed by atoms with Crippen molar-refractivity contribution in [2.75, 3.05) is 44.8 Å². The van der Waals surface area contributed by atoms with Crippen molar-refractivity contribution in [1.29, 1.82) is 0 Å². The Balaban J connectivity index is 1.61. The van der Waals surface area contributed by atoms with Gasteiger partial charge in [0.1, 0.15) is 11.9 Å². The number of ether oxygens (including phenoxy) is 2. The summed E-state index contributed by atoms with van der Waals surface area (Å²) in [5.41, 5.74) is 1.10. The second-order valence-corrected chi connectivity index (χ2v) is 5.49. The lowest BCUT2D eigenvalue weighted by Crippen LogP contribution is -2.51. The summed E-state index contributed by atoms with van der Waals surface area (Å²) in [6.07, 6.45) is 1.66. The number of rotatable bonds is 3. The largest absolute Gasteiger partial charge is 0.495 e. The molecule has 0 aliphatic carbocycles. The zero-order valence-electron chi connectivity index (χ0n) is 12.5. The number of methoxy groups -OCH3 is 1. The number of amides is 1. The number of hydrogen-bond acceptors (Lipinski definition) is 4. The molecule has 2 fully saturated rings. The zero-order valence-corrected chi connectivity index (χ0v) is 12.5. The van der Waals surface area contributed by atoms with Gasteiger partial charge in [0.05, 0.1) is 12.8 Å². The average Bonchev–Trinajstić information content (AvgIpc) is 3.09. The van der Waals surface area contributed by atoms with Crippen LogP contribution in [0.25, 0.3) is 0 Å². The van der Waals surface area contributed by atoms with Gasteiger partial charge in [0.25, 0.3) is 5.91 Å². The third-order valence-electron chi connectivity index (χ3n) is 4.22. The number of para-hydroxylation sites is 2. The number of benzene rings is 1. The number of nitrogens with zero attached hydrogens (tertiary/aromatic N) is 2. The van der Waals surface area contributed by atoms with Gasteiger partial charge in [-0.25, -0.2) is 0 Å². The van der Waals surface area contributed by atoms with Crippen LogP contribution in [-0.4, -0.2) is 56.8 Å². The molecule has 2 aliphatic heterocycles. The number of carbonyl (C=O) groups is 1. The fourth-order valence-electron chi connectivity index (χ4n) is 3.03. The Kier molecular flexibility index (Phi) is 4.29. The normalized spacial score (nSPS) is 22.4. The number of anilines is 1. The Labute approximate surface area is 125 Å². The van der Waals surface area contributed by atoms with Crippen LogP contribution in [0.5, 0.6) is 5.75 Å². The van der Waals surface area contributed by atoms with E-state index in [9.17, 15) is 4.79 Å². The molecule has 0 bridgehead atoms. The van der Waals surface area contributed by atoms with E-state index < -0.39 is 0 Å². The highest BCUT2D eigenvalue weighted by molar-refractivity contribution is 5.81. The van der Waals surface area contributed by atoms with Crippen LogP contribution in [0.2, 0.25) is 0 Å². The van der Waals surface area contributed by atoms with E-state index in [1.165, 1.54) is 0 Å². The van der Waals surface area contributed by atoms with Gasteiger partial charge in [-0.1, -0.05) is 12.1 Å². The summed E-state index contributed by atoms with van der Waals surface area (Å²) in [6.45, 7) is 3.88. The maximum Gasteiger partial charge on any atom is 0.251 e. The van der Waals surface area contributed by atoms with Crippen LogP contribution in [0.4, 0.5) is 5.69 Å². The highest BCUT2D eigenvalue weighted by Crippen LogP contribution is 2.28. The molecule has 2 saturated heterocycles. The first-order valence-corrected chi connectivity index (χ1v) is 7.58. The minimum Gasteiger partial charge on any atom is -0.495 e. The van der Waals surface area contributed by atoms with Crippen LogP contribution in [0.1, 0.15) is 12.8 Å². The molecular formula is C16H22N2O3. The first kappa shape index (κ1) is 14.2. The smallest absolute Gasteiger partial charge is 0.251 e. The molecule has 5 nitrogen and oxygen atoms in total. The van der Waals surface area contributed by atoms with E-state index in [4.69, 9.17) is 9.47 Å². The average molecular weight is 290 g/mol. The van der Waals surface area contributed by atoms with Gasteiger partial charge in [0.15, 0.2) is 0 Å². The molecule has 1 amide bonds. The van der Waals surface area contributed by atoms with Gasteiger partial charge in [-0.15, -0.1) is 0 Å². The highest BCUT2D eigenvalue weighted by atomic mass is 16.5. The zero-order chi connectivity index (χ0) is 14.7. The molecule has 5 heteroatoms. The standard InChI is InChI=1S/C16H22N2O3/c1-20-14-6-3-2-5-13(14)17-8-10-18(11-9-17)16(19)15-7-4-12-21-15/h2-3,5-6,15H,4,7-12H2,1H3/t15-/m1/s1. The molecule has 0 unspecified atom stereocenters. The quantitative estimate of drug-likeness (QED) is 0.846. The predicted octanol–water partition coefficient (Wildman–Crippen LogP) is 1.52. The van der Waals surface area contributed by atoms with Crippen molar-refractivity contribution in [3.63, 3.8) is 0 Å². The second kappa shape index (κ2) is 6.35. The first-order valence-electron chi connectivity index (χ1n) is 7.58. The van der Waals surface area contributed by atoms with Crippen LogP contribution >= 0.6 is 0 Å². The Bertz CT molecular complexity index is 492. The van der Waals surface area contributed by atoms with Crippen molar-refractivity contribution in [1.82, 2.24) is 4.90 Å². The maximum atomic E-state index is 12.3. The molecule has 0 spiro atoms. The Morgan fingerprint density at radius 3 is 2.67 bits per heavy atom. The van der Waals surface area contributed by atoms with E-state index in [1.807, 2.05) is 23.1 Å². The van der Waals surface area contributed by atoms with Crippen molar-refractivity contribution in [3.8, 4) is 5.75 Å². The molecule has 114 valence electrons. The molecular weight excluding hydrogens is 268 g/mol. The second-order valence-electron chi connectivity index (χ2n) is 5.49. The lowest BCUT2D eigenvalue weighted by molar-refractivity contribution is -0.141. The summed E-state index contributed by atoms with van der Waals surface area (Å²) in [4.78, 5) is 16.5. The third kappa shape index (κ3) is 2.97. The summed E-state index contributed by atoms with van der Waals surface area (Å²) in [7, 11) is 1.69. The summed E-state index contributed by atoms with van der Waals surface area (Å²) in [5, 5.41) is 0. The van der Waals surface area contributed by atoms with Crippen LogP contribution < -0.4 is 9.64 Å². The molecule has 2 aliphatic rings. The Hall–Kier alpha value is -1.75. The molecule has 0 aromatic heterocycles. The topological polar surface area (TPSA) is 42.0 Å². The first-order chi connectivity index (χ1) is 10.3. The monoisotopic (exact) mass is 290 g/mol. The summed E-state index contributed by atoms with van der Waals surface area (Å²) in [6, 6.07) is 8.02. The lowest BCUT2D eigenvalue weighted by Gasteiger charge is -2.37. The van der Waals surface area contributed by atoms with Gasteiger partial charge in [0, 0.05) is 32.8 Å². The van der Waals surface area contributed by atoms with Crippen LogP contribution in [0, 0.1) is 0 Å². The van der Waals surface area contributed by atoms with Gasteiger partial charge in [-0.2, -0.15) is 0 Å². The number of carbonyl (C=O) groups excluding carboxylic acids is 1. The predicted molar refractivity (Wildman–Crippen MR) is 80.8 cm³/mol. The van der Waals surface area contributed by atoms with Gasteiger partial charge in [0.2, 0.25) is 0 Å². The van der Waals surface area contributed by atoms with Crippen LogP contribution in [0.15, 0.2) is 24.3 Å². The minimum atomic E-state index is -0.206. The van der Waals surface area contributed by atoms with E-state index in [0.717, 1.165) is 57.1 Å². The fraction of sp³-hybridized carbons (Fsp3) is 0.562. The Morgan fingerprint density at radius 2 is 2.00 bits per heavy atom. The number of piperazine rings is 1. The molecule has 1 aromatic carbocycles. The fourth-order valence-corrected chi connectivity index (χ4v) is 3.03. The van der Waals surface area contributed by atoms with Crippen molar-refractivity contribution in [2.24, 2.45) is 0 Å². The van der Waals surface area contributed by atoms with Gasteiger partial charge in [-0.3, -0.25) is 4.79 Å². The van der Waals surface area contributed by atoms with Gasteiger partial charge >= 0.3 is 0 Å². The molecule has 1 aromatic rings. The van der Waals surface area contributed by atoms with E-state index in [1.54, 1.807) is 7.11 Å². The van der Waals surface area contributed by atoms with Crippen molar-refractivity contribution >= 4 is 11.6 Å². The molecule has 0 N–H and O–H groups in total. The molecule has 21 heavy (non-hydrogen) atoms. The highest BCUT2D eigenvalue weighted by Gasteiger charge is 2.30. The molecule has 1 atom stereocenters. The Morgan fingerprint density at radius 1 is 1.24 bits per heavy atom. The SMILES string of the molecule is COc1ccccc1N1CCN(C(=O)[C@H]2CCCO2)CC1. The molecule has 3 rings (SSSR count). The van der Waals surface area contributed by atoms with Crippen molar-refractivity contribution < 1.29 is 14.3 Å². The minimum absolute atomic E-state index is 0.159. The van der Waals surface area contributed by atoms with E-state index >= 15 is 0 Å². The molecule has 2 heterocycles. The van der Waals surface area contributed by atoms with Crippen LogP contribution in [0.3, 0.4) is 0 Å². The maximum absolute atomic E-state index is 12.3. The summed E-state index contributed by atoms with van der Waals surface area (Å²) in [5.74, 6) is 1.04. The molecule has 0 radical (unpaired) electrons.